The molecule has 2 atom stereocenters. The molecule has 6 nitrogen and oxygen atoms in total. The first-order chi connectivity index (χ1) is 15.4. The predicted octanol–water partition coefficient (Wildman–Crippen LogP) is 3.75. The van der Waals surface area contributed by atoms with Crippen molar-refractivity contribution in [2.45, 2.75) is 70.0 Å². The lowest BCUT2D eigenvalue weighted by Crippen LogP contribution is -2.51. The zero-order valence-electron chi connectivity index (χ0n) is 18.3. The number of benzene rings is 1. The molecule has 1 aromatic heterocycles. The molecule has 2 saturated heterocycles. The predicted molar refractivity (Wildman–Crippen MR) is 121 cm³/mol. The number of pyridine rings is 1. The average Bonchev–Trinajstić information content (AvgIpc) is 3.33. The number of aromatic nitrogens is 1. The molecule has 32 heavy (non-hydrogen) atoms. The van der Waals surface area contributed by atoms with E-state index < -0.39 is 17.2 Å². The number of piperazine rings is 1. The van der Waals surface area contributed by atoms with Gasteiger partial charge in [-0.05, 0) is 62.0 Å². The van der Waals surface area contributed by atoms with Crippen LogP contribution in [0.5, 0.6) is 0 Å². The summed E-state index contributed by atoms with van der Waals surface area (Å²) in [6.07, 6.45) is 11.2. The highest BCUT2D eigenvalue weighted by molar-refractivity contribution is 5.93. The number of hydrogen-bond acceptors (Lipinski definition) is 4. The Bertz CT molecular complexity index is 1140. The van der Waals surface area contributed by atoms with Crippen LogP contribution in [-0.4, -0.2) is 40.8 Å². The summed E-state index contributed by atoms with van der Waals surface area (Å²) in [4.78, 5) is 26.6. The van der Waals surface area contributed by atoms with Crippen molar-refractivity contribution in [2.24, 2.45) is 11.3 Å². The number of carbonyl (C=O) groups is 1. The van der Waals surface area contributed by atoms with Crippen molar-refractivity contribution in [3.8, 4) is 0 Å². The van der Waals surface area contributed by atoms with Gasteiger partial charge in [0.1, 0.15) is 11.4 Å². The molecule has 3 aliphatic carbocycles. The molecule has 0 spiro atoms. The number of nitrogens with one attached hydrogen (secondary N) is 1. The lowest BCUT2D eigenvalue weighted by Gasteiger charge is -2.62. The van der Waals surface area contributed by atoms with Gasteiger partial charge in [-0.15, -0.1) is 0 Å². The van der Waals surface area contributed by atoms with E-state index in [1.54, 1.807) is 6.07 Å². The molecule has 2 unspecified atom stereocenters. The molecular formula is C25H30FN3O3. The van der Waals surface area contributed by atoms with E-state index in [9.17, 15) is 14.7 Å². The summed E-state index contributed by atoms with van der Waals surface area (Å²) >= 11 is 0. The number of hydrogen-bond donors (Lipinski definition) is 2. The van der Waals surface area contributed by atoms with Crippen LogP contribution in [0.25, 0.3) is 10.9 Å². The number of unbranched alkanes of at least 4 members (excludes halogenated alkanes) is 2. The van der Waals surface area contributed by atoms with E-state index in [0.29, 0.717) is 29.2 Å². The second kappa shape index (κ2) is 7.30. The number of fused-ring (bicyclic) bond motifs is 3. The summed E-state index contributed by atoms with van der Waals surface area (Å²) in [6, 6.07) is 3.66. The molecular weight excluding hydrogens is 409 g/mol. The second-order valence-electron chi connectivity index (χ2n) is 10.6. The van der Waals surface area contributed by atoms with Gasteiger partial charge in [0.2, 0.25) is 5.43 Å². The fourth-order valence-corrected chi connectivity index (χ4v) is 6.74. The van der Waals surface area contributed by atoms with Crippen molar-refractivity contribution in [3.05, 3.63) is 39.9 Å². The summed E-state index contributed by atoms with van der Waals surface area (Å²) < 4.78 is 16.9. The number of carboxylic acids is 1. The SMILES string of the molecule is O=C(O)c1cn(CCCCCC23CC(C2)C3)c2cc(N3CC4CC3CN4)c(F)cc2c1=O. The Balaban J connectivity index is 1.28. The van der Waals surface area contributed by atoms with Gasteiger partial charge in [-0.3, -0.25) is 4.79 Å². The number of rotatable bonds is 8. The molecule has 2 aromatic rings. The Labute approximate surface area is 186 Å². The van der Waals surface area contributed by atoms with E-state index >= 15 is 4.39 Å². The van der Waals surface area contributed by atoms with E-state index in [1.165, 1.54) is 44.4 Å². The maximum atomic E-state index is 15.1. The number of carboxylic acid groups (broad SMARTS) is 1. The highest BCUT2D eigenvalue weighted by atomic mass is 19.1. The van der Waals surface area contributed by atoms with E-state index in [0.717, 1.165) is 38.3 Å². The van der Waals surface area contributed by atoms with E-state index in [1.807, 2.05) is 4.57 Å². The molecule has 170 valence electrons. The van der Waals surface area contributed by atoms with Gasteiger partial charge >= 0.3 is 5.97 Å². The summed E-state index contributed by atoms with van der Waals surface area (Å²) in [6.45, 7) is 2.23. The topological polar surface area (TPSA) is 74.6 Å². The van der Waals surface area contributed by atoms with E-state index in [4.69, 9.17) is 0 Å². The standard InChI is InChI=1S/C25H30FN3O3/c26-20-7-18-21(8-22(20)29-13-16-6-17(29)12-27-16)28(14-19(23(18)30)24(31)32)5-3-1-2-4-25-9-15(10-25)11-25/h7-8,14-17,27H,1-6,9-13H2,(H,31,32). The minimum atomic E-state index is -1.26. The monoisotopic (exact) mass is 439 g/mol. The van der Waals surface area contributed by atoms with E-state index in [-0.39, 0.29) is 17.0 Å². The van der Waals surface area contributed by atoms with E-state index in [2.05, 4.69) is 10.2 Å². The second-order valence-corrected chi connectivity index (χ2v) is 10.6. The minimum absolute atomic E-state index is 0.155. The van der Waals surface area contributed by atoms with Crippen LogP contribution in [0.3, 0.4) is 0 Å². The molecule has 2 aliphatic heterocycles. The smallest absolute Gasteiger partial charge is 0.341 e. The van der Waals surface area contributed by atoms with Gasteiger partial charge in [-0.25, -0.2) is 9.18 Å². The summed E-state index contributed by atoms with van der Waals surface area (Å²) in [5, 5.41) is 13.1. The third-order valence-corrected chi connectivity index (χ3v) is 8.52. The lowest BCUT2D eigenvalue weighted by molar-refractivity contribution is -0.113. The van der Waals surface area contributed by atoms with Crippen LogP contribution < -0.4 is 15.6 Å². The van der Waals surface area contributed by atoms with Crippen LogP contribution in [-0.2, 0) is 6.54 Å². The van der Waals surface area contributed by atoms with Crippen molar-refractivity contribution >= 4 is 22.6 Å². The number of anilines is 1. The zero-order chi connectivity index (χ0) is 22.0. The Kier molecular flexibility index (Phi) is 4.61. The number of halogens is 1. The normalized spacial score (nSPS) is 29.9. The van der Waals surface area contributed by atoms with Crippen LogP contribution in [0.15, 0.2) is 23.1 Å². The van der Waals surface area contributed by atoms with Crippen molar-refractivity contribution in [1.82, 2.24) is 9.88 Å². The Morgan fingerprint density at radius 3 is 2.66 bits per heavy atom. The highest BCUT2D eigenvalue weighted by Crippen LogP contribution is 2.66. The third kappa shape index (κ3) is 3.16. The first-order valence-corrected chi connectivity index (χ1v) is 12.0. The fourth-order valence-electron chi connectivity index (χ4n) is 6.74. The van der Waals surface area contributed by atoms with Crippen LogP contribution in [0, 0.1) is 17.2 Å². The van der Waals surface area contributed by atoms with Gasteiger partial charge in [-0.2, -0.15) is 0 Å². The molecule has 7 rings (SSSR count). The van der Waals surface area contributed by atoms with Crippen LogP contribution in [0.1, 0.15) is 61.7 Å². The van der Waals surface area contributed by atoms with Gasteiger partial charge in [-0.1, -0.05) is 12.8 Å². The van der Waals surface area contributed by atoms with Gasteiger partial charge < -0.3 is 19.9 Å². The van der Waals surface area contributed by atoms with Crippen LogP contribution in [0.4, 0.5) is 10.1 Å². The van der Waals surface area contributed by atoms with Crippen molar-refractivity contribution < 1.29 is 14.3 Å². The fraction of sp³-hybridized carbons (Fsp3) is 0.600. The van der Waals surface area contributed by atoms with Crippen molar-refractivity contribution in [1.29, 1.82) is 0 Å². The molecule has 2 N–H and O–H groups in total. The molecule has 0 radical (unpaired) electrons. The van der Waals surface area contributed by atoms with Gasteiger partial charge in [0.05, 0.1) is 11.2 Å². The van der Waals surface area contributed by atoms with Gasteiger partial charge in [0.15, 0.2) is 0 Å². The summed E-state index contributed by atoms with van der Waals surface area (Å²) in [5.74, 6) is -0.704. The number of aromatic carboxylic acids is 1. The Morgan fingerprint density at radius 2 is 2.03 bits per heavy atom. The molecule has 0 amide bonds. The summed E-state index contributed by atoms with van der Waals surface area (Å²) in [5.41, 5.74) is 0.907. The molecule has 5 aliphatic rings. The molecule has 7 heteroatoms. The largest absolute Gasteiger partial charge is 0.477 e. The average molecular weight is 440 g/mol. The Morgan fingerprint density at radius 1 is 1.22 bits per heavy atom. The van der Waals surface area contributed by atoms with Gasteiger partial charge in [0.25, 0.3) is 0 Å². The maximum Gasteiger partial charge on any atom is 0.341 e. The molecule has 3 saturated carbocycles. The maximum absolute atomic E-state index is 15.1. The number of aryl methyl sites for hydroxylation is 1. The first-order valence-electron chi connectivity index (χ1n) is 12.0. The Hall–Kier alpha value is -2.41. The highest BCUT2D eigenvalue weighted by Gasteiger charge is 2.55. The molecule has 5 fully saturated rings. The third-order valence-electron chi connectivity index (χ3n) is 8.52. The molecule has 4 bridgehead atoms. The van der Waals surface area contributed by atoms with Crippen LogP contribution in [0.2, 0.25) is 0 Å². The summed E-state index contributed by atoms with van der Waals surface area (Å²) in [7, 11) is 0. The first kappa shape index (κ1) is 20.2. The van der Waals surface area contributed by atoms with Crippen molar-refractivity contribution in [3.63, 3.8) is 0 Å². The van der Waals surface area contributed by atoms with Crippen LogP contribution >= 0.6 is 0 Å². The van der Waals surface area contributed by atoms with Gasteiger partial charge in [0, 0.05) is 43.3 Å². The minimum Gasteiger partial charge on any atom is -0.477 e. The molecule has 3 heterocycles. The molecule has 1 aromatic carbocycles. The lowest BCUT2D eigenvalue weighted by atomic mass is 9.43. The zero-order valence-corrected chi connectivity index (χ0v) is 18.3. The number of nitrogens with zero attached hydrogens (tertiary/aromatic N) is 2. The van der Waals surface area contributed by atoms with Crippen molar-refractivity contribution in [2.75, 3.05) is 18.0 Å². The quantitative estimate of drug-likeness (QED) is 0.613.